The molecule has 2 heterocycles. The fourth-order valence-electron chi connectivity index (χ4n) is 3.44. The lowest BCUT2D eigenvalue weighted by atomic mass is 10.2. The largest absolute Gasteiger partial charge is 0.494 e. The molecular weight excluding hydrogens is 354 g/mol. The summed E-state index contributed by atoms with van der Waals surface area (Å²) in [7, 11) is 0. The minimum Gasteiger partial charge on any atom is -0.494 e. The molecule has 1 saturated heterocycles. The van der Waals surface area contributed by atoms with Gasteiger partial charge < -0.3 is 19.5 Å². The number of piperazine rings is 1. The molecule has 3 rings (SSSR count). The van der Waals surface area contributed by atoms with Crippen LogP contribution >= 0.6 is 0 Å². The van der Waals surface area contributed by atoms with E-state index in [4.69, 9.17) is 4.74 Å². The van der Waals surface area contributed by atoms with Gasteiger partial charge in [0.15, 0.2) is 0 Å². The highest BCUT2D eigenvalue weighted by Gasteiger charge is 2.21. The van der Waals surface area contributed by atoms with Crippen molar-refractivity contribution in [2.75, 3.05) is 44.6 Å². The van der Waals surface area contributed by atoms with E-state index in [2.05, 4.69) is 39.8 Å². The first-order chi connectivity index (χ1) is 13.6. The predicted molar refractivity (Wildman–Crippen MR) is 111 cm³/mol. The van der Waals surface area contributed by atoms with Gasteiger partial charge in [0.25, 0.3) is 0 Å². The first-order valence-corrected chi connectivity index (χ1v) is 10.1. The zero-order chi connectivity index (χ0) is 19.9. The summed E-state index contributed by atoms with van der Waals surface area (Å²) in [5.41, 5.74) is 0.789. The number of anilines is 1. The molecule has 7 nitrogen and oxygen atoms in total. The van der Waals surface area contributed by atoms with E-state index in [9.17, 15) is 4.79 Å². The highest BCUT2D eigenvalue weighted by molar-refractivity contribution is 5.89. The lowest BCUT2D eigenvalue weighted by molar-refractivity contribution is 0.144. The summed E-state index contributed by atoms with van der Waals surface area (Å²) < 4.78 is 7.66. The van der Waals surface area contributed by atoms with Crippen LogP contribution in [-0.2, 0) is 6.54 Å². The van der Waals surface area contributed by atoms with Crippen LogP contribution in [0.1, 0.15) is 32.5 Å². The molecule has 2 amide bonds. The number of imidazole rings is 1. The summed E-state index contributed by atoms with van der Waals surface area (Å²) >= 11 is 0. The molecular formula is C21H31N5O2. The van der Waals surface area contributed by atoms with Gasteiger partial charge >= 0.3 is 6.03 Å². The third-order valence-electron chi connectivity index (χ3n) is 5.00. The second kappa shape index (κ2) is 9.59. The van der Waals surface area contributed by atoms with E-state index in [0.717, 1.165) is 56.5 Å². The molecule has 7 heteroatoms. The third kappa shape index (κ3) is 5.25. The Morgan fingerprint density at radius 3 is 2.50 bits per heavy atom. The molecule has 0 aliphatic carbocycles. The zero-order valence-electron chi connectivity index (χ0n) is 17.1. The topological polar surface area (TPSA) is 62.6 Å². The van der Waals surface area contributed by atoms with Gasteiger partial charge in [-0.05, 0) is 31.2 Å². The van der Waals surface area contributed by atoms with Crippen LogP contribution in [0.5, 0.6) is 5.75 Å². The molecule has 0 spiro atoms. The predicted octanol–water partition coefficient (Wildman–Crippen LogP) is 3.25. The van der Waals surface area contributed by atoms with Crippen LogP contribution < -0.4 is 10.1 Å². The van der Waals surface area contributed by atoms with Crippen molar-refractivity contribution in [2.24, 2.45) is 0 Å². The molecule has 1 aromatic carbocycles. The van der Waals surface area contributed by atoms with Gasteiger partial charge in [-0.15, -0.1) is 0 Å². The van der Waals surface area contributed by atoms with Crippen molar-refractivity contribution in [3.63, 3.8) is 0 Å². The average Bonchev–Trinajstić information content (AvgIpc) is 3.17. The SMILES string of the molecule is CCOc1ccc(NC(=O)N2CCN(CCn3ccnc3C(C)C)CC2)cc1. The Kier molecular flexibility index (Phi) is 6.92. The van der Waals surface area contributed by atoms with E-state index in [0.29, 0.717) is 12.5 Å². The molecule has 0 saturated carbocycles. The molecule has 2 aromatic rings. The highest BCUT2D eigenvalue weighted by atomic mass is 16.5. The van der Waals surface area contributed by atoms with Gasteiger partial charge in [-0.1, -0.05) is 13.8 Å². The smallest absolute Gasteiger partial charge is 0.321 e. The van der Waals surface area contributed by atoms with Crippen molar-refractivity contribution in [2.45, 2.75) is 33.2 Å². The van der Waals surface area contributed by atoms with Crippen LogP contribution in [0, 0.1) is 0 Å². The van der Waals surface area contributed by atoms with Crippen molar-refractivity contribution >= 4 is 11.7 Å². The molecule has 1 aromatic heterocycles. The molecule has 0 radical (unpaired) electrons. The molecule has 1 fully saturated rings. The summed E-state index contributed by atoms with van der Waals surface area (Å²) in [5, 5.41) is 2.97. The maximum Gasteiger partial charge on any atom is 0.321 e. The van der Waals surface area contributed by atoms with Crippen molar-refractivity contribution in [3.05, 3.63) is 42.5 Å². The van der Waals surface area contributed by atoms with Crippen LogP contribution in [0.15, 0.2) is 36.7 Å². The Labute approximate surface area is 167 Å². The first kappa shape index (κ1) is 20.2. The summed E-state index contributed by atoms with van der Waals surface area (Å²) in [5.74, 6) is 2.37. The Morgan fingerprint density at radius 2 is 1.86 bits per heavy atom. The van der Waals surface area contributed by atoms with Gasteiger partial charge in [-0.2, -0.15) is 0 Å². The molecule has 0 bridgehead atoms. The van der Waals surface area contributed by atoms with Gasteiger partial charge in [0.05, 0.1) is 6.61 Å². The molecule has 1 aliphatic heterocycles. The molecule has 1 N–H and O–H groups in total. The zero-order valence-corrected chi connectivity index (χ0v) is 17.1. The maximum absolute atomic E-state index is 12.5. The number of hydrogen-bond acceptors (Lipinski definition) is 4. The number of nitrogens with one attached hydrogen (secondary N) is 1. The summed E-state index contributed by atoms with van der Waals surface area (Å²) in [6, 6.07) is 7.45. The second-order valence-corrected chi connectivity index (χ2v) is 7.35. The van der Waals surface area contributed by atoms with Crippen molar-refractivity contribution in [1.82, 2.24) is 19.4 Å². The van der Waals surface area contributed by atoms with Crippen molar-refractivity contribution in [1.29, 1.82) is 0 Å². The molecule has 0 atom stereocenters. The van der Waals surface area contributed by atoms with Crippen LogP contribution in [0.25, 0.3) is 0 Å². The maximum atomic E-state index is 12.5. The van der Waals surface area contributed by atoms with Crippen LogP contribution in [0.3, 0.4) is 0 Å². The average molecular weight is 386 g/mol. The number of aromatic nitrogens is 2. The number of carbonyl (C=O) groups excluding carboxylic acids is 1. The fourth-order valence-corrected chi connectivity index (χ4v) is 3.44. The number of hydrogen-bond donors (Lipinski definition) is 1. The van der Waals surface area contributed by atoms with Gasteiger partial charge in [-0.3, -0.25) is 4.90 Å². The molecule has 1 aliphatic rings. The highest BCUT2D eigenvalue weighted by Crippen LogP contribution is 2.16. The van der Waals surface area contributed by atoms with Crippen LogP contribution in [0.4, 0.5) is 10.5 Å². The quantitative estimate of drug-likeness (QED) is 0.795. The number of urea groups is 1. The normalized spacial score (nSPS) is 15.1. The Morgan fingerprint density at radius 1 is 1.14 bits per heavy atom. The Bertz CT molecular complexity index is 748. The fraction of sp³-hybridized carbons (Fsp3) is 0.524. The number of ether oxygens (including phenoxy) is 1. The standard InChI is InChI=1S/C21H31N5O2/c1-4-28-19-7-5-18(6-8-19)23-21(27)26-15-12-24(13-16-26)11-14-25-10-9-22-20(25)17(2)3/h5-10,17H,4,11-16H2,1-3H3,(H,23,27). The van der Waals surface area contributed by atoms with E-state index in [1.807, 2.05) is 42.3 Å². The van der Waals surface area contributed by atoms with Crippen LogP contribution in [0.2, 0.25) is 0 Å². The summed E-state index contributed by atoms with van der Waals surface area (Å²) in [6.45, 7) is 12.1. The Balaban J connectivity index is 1.43. The second-order valence-electron chi connectivity index (χ2n) is 7.35. The molecule has 28 heavy (non-hydrogen) atoms. The van der Waals surface area contributed by atoms with E-state index < -0.39 is 0 Å². The number of carbonyl (C=O) groups is 1. The summed E-state index contributed by atoms with van der Waals surface area (Å²) in [4.78, 5) is 21.2. The lowest BCUT2D eigenvalue weighted by Crippen LogP contribution is -2.50. The van der Waals surface area contributed by atoms with Gasteiger partial charge in [0.1, 0.15) is 11.6 Å². The summed E-state index contributed by atoms with van der Waals surface area (Å²) in [6.07, 6.45) is 3.92. The minimum absolute atomic E-state index is 0.0412. The molecule has 0 unspecified atom stereocenters. The van der Waals surface area contributed by atoms with Crippen molar-refractivity contribution < 1.29 is 9.53 Å². The van der Waals surface area contributed by atoms with Crippen molar-refractivity contribution in [3.8, 4) is 5.75 Å². The van der Waals surface area contributed by atoms with Crippen LogP contribution in [-0.4, -0.2) is 64.7 Å². The number of nitrogens with zero attached hydrogens (tertiary/aromatic N) is 4. The third-order valence-corrected chi connectivity index (χ3v) is 5.00. The Hall–Kier alpha value is -2.54. The van der Waals surface area contributed by atoms with Gasteiger partial charge in [-0.25, -0.2) is 9.78 Å². The number of benzene rings is 1. The van der Waals surface area contributed by atoms with E-state index in [-0.39, 0.29) is 6.03 Å². The monoisotopic (exact) mass is 385 g/mol. The molecule has 152 valence electrons. The van der Waals surface area contributed by atoms with E-state index in [1.165, 1.54) is 0 Å². The van der Waals surface area contributed by atoms with Gasteiger partial charge in [0.2, 0.25) is 0 Å². The number of amides is 2. The number of rotatable bonds is 7. The van der Waals surface area contributed by atoms with Gasteiger partial charge in [0, 0.05) is 63.3 Å². The lowest BCUT2D eigenvalue weighted by Gasteiger charge is -2.34. The van der Waals surface area contributed by atoms with E-state index >= 15 is 0 Å². The first-order valence-electron chi connectivity index (χ1n) is 10.1. The minimum atomic E-state index is -0.0412. The van der Waals surface area contributed by atoms with E-state index in [1.54, 1.807) is 0 Å².